The number of carbonyl (C=O) groups is 2. The second kappa shape index (κ2) is 11.5. The third-order valence-corrected chi connectivity index (χ3v) is 7.93. The van der Waals surface area contributed by atoms with Gasteiger partial charge in [-0.2, -0.15) is 5.26 Å². The number of benzene rings is 2. The van der Waals surface area contributed by atoms with Crippen molar-refractivity contribution in [1.29, 1.82) is 5.26 Å². The van der Waals surface area contributed by atoms with Crippen LogP contribution in [-0.2, 0) is 29.2 Å². The van der Waals surface area contributed by atoms with Crippen LogP contribution in [0.15, 0.2) is 76.9 Å². The molecule has 0 fully saturated rings. The topological polar surface area (TPSA) is 160 Å². The van der Waals surface area contributed by atoms with E-state index in [0.29, 0.717) is 28.0 Å². The summed E-state index contributed by atoms with van der Waals surface area (Å²) in [6.07, 6.45) is 0.982. The number of hydrogen-bond acceptors (Lipinski definition) is 9. The second-order valence-electron chi connectivity index (χ2n) is 10.5. The molecule has 0 unspecified atom stereocenters. The zero-order valence-electron chi connectivity index (χ0n) is 23.0. The van der Waals surface area contributed by atoms with Crippen molar-refractivity contribution < 1.29 is 27.6 Å². The Morgan fingerprint density at radius 3 is 2.51 bits per heavy atom. The molecular formula is C29H29N5O6S. The maximum absolute atomic E-state index is 13.5. The van der Waals surface area contributed by atoms with Gasteiger partial charge in [0.25, 0.3) is 5.91 Å². The van der Waals surface area contributed by atoms with Crippen LogP contribution in [0.25, 0.3) is 11.1 Å². The van der Waals surface area contributed by atoms with Crippen molar-refractivity contribution >= 4 is 33.4 Å². The molecule has 0 radical (unpaired) electrons. The van der Waals surface area contributed by atoms with Crippen LogP contribution in [0.5, 0.6) is 0 Å². The number of hydrogen-bond donors (Lipinski definition) is 2. The number of amides is 1. The monoisotopic (exact) mass is 575 g/mol. The fraction of sp³-hybridized carbons (Fsp3) is 0.276. The summed E-state index contributed by atoms with van der Waals surface area (Å²) in [7, 11) is -2.63. The summed E-state index contributed by atoms with van der Waals surface area (Å²) in [4.78, 5) is 35.7. The van der Waals surface area contributed by atoms with Gasteiger partial charge in [-0.1, -0.05) is 35.5 Å². The van der Waals surface area contributed by atoms with E-state index in [4.69, 9.17) is 9.57 Å². The molecule has 2 heterocycles. The van der Waals surface area contributed by atoms with E-state index in [1.807, 2.05) is 0 Å². The Balaban J connectivity index is 1.57. The second-order valence-corrected chi connectivity index (χ2v) is 12.1. The number of anilines is 1. The summed E-state index contributed by atoms with van der Waals surface area (Å²) in [6.45, 7) is 5.26. The van der Waals surface area contributed by atoms with Gasteiger partial charge in [0.15, 0.2) is 0 Å². The third kappa shape index (κ3) is 6.77. The number of carbonyl (C=O) groups excluding carboxylic acids is 2. The summed E-state index contributed by atoms with van der Waals surface area (Å²) in [6, 6.07) is 18.4. The Bertz CT molecular complexity index is 1660. The van der Waals surface area contributed by atoms with Crippen molar-refractivity contribution in [2.45, 2.75) is 49.6 Å². The summed E-state index contributed by atoms with van der Waals surface area (Å²) in [5.41, 5.74) is -0.0382. The Kier molecular flexibility index (Phi) is 8.23. The zero-order valence-corrected chi connectivity index (χ0v) is 23.8. The summed E-state index contributed by atoms with van der Waals surface area (Å²) >= 11 is 0. The Labute approximate surface area is 238 Å². The molecule has 1 amide bonds. The van der Waals surface area contributed by atoms with Crippen LogP contribution in [-0.4, -0.2) is 49.2 Å². The van der Waals surface area contributed by atoms with Crippen molar-refractivity contribution in [2.75, 3.05) is 12.4 Å². The van der Waals surface area contributed by atoms with E-state index in [1.165, 1.54) is 25.4 Å². The molecule has 41 heavy (non-hydrogen) atoms. The Morgan fingerprint density at radius 1 is 1.10 bits per heavy atom. The molecule has 1 aliphatic heterocycles. The summed E-state index contributed by atoms with van der Waals surface area (Å²) in [5, 5.41) is 15.9. The van der Waals surface area contributed by atoms with Crippen molar-refractivity contribution in [3.05, 3.63) is 78.0 Å². The SMILES string of the molecule is COC(=O)C[C@@]1(C(=O)Nc2ccc(-c3ccccc3S(=O)(=O)NC(C)(C)C)cn2)CC(c2cccc(C#N)c2)=NO1. The number of methoxy groups -OCH3 is 1. The number of sulfonamides is 1. The molecule has 0 bridgehead atoms. The highest BCUT2D eigenvalue weighted by Gasteiger charge is 2.49. The molecule has 0 aliphatic carbocycles. The first-order valence-corrected chi connectivity index (χ1v) is 14.1. The van der Waals surface area contributed by atoms with Crippen LogP contribution in [0.3, 0.4) is 0 Å². The Morgan fingerprint density at radius 2 is 1.85 bits per heavy atom. The van der Waals surface area contributed by atoms with Crippen molar-refractivity contribution in [3.8, 4) is 17.2 Å². The number of pyridine rings is 1. The lowest BCUT2D eigenvalue weighted by atomic mass is 9.89. The molecule has 0 spiro atoms. The first kappa shape index (κ1) is 29.4. The molecule has 3 aromatic rings. The number of oxime groups is 1. The molecule has 212 valence electrons. The van der Waals surface area contributed by atoms with Gasteiger partial charge >= 0.3 is 5.97 Å². The maximum Gasteiger partial charge on any atom is 0.310 e. The van der Waals surface area contributed by atoms with Gasteiger partial charge in [0.2, 0.25) is 15.6 Å². The van der Waals surface area contributed by atoms with Crippen LogP contribution in [0.2, 0.25) is 0 Å². The Hall–Kier alpha value is -4.60. The number of nitriles is 1. The van der Waals surface area contributed by atoms with Crippen molar-refractivity contribution in [3.63, 3.8) is 0 Å². The number of rotatable bonds is 8. The van der Waals surface area contributed by atoms with E-state index in [-0.39, 0.29) is 17.1 Å². The molecule has 11 nitrogen and oxygen atoms in total. The third-order valence-electron chi connectivity index (χ3n) is 6.11. The minimum atomic E-state index is -3.83. The first-order valence-electron chi connectivity index (χ1n) is 12.6. The van der Waals surface area contributed by atoms with Gasteiger partial charge in [-0.3, -0.25) is 9.59 Å². The number of nitrogens with one attached hydrogen (secondary N) is 2. The molecule has 0 saturated heterocycles. The fourth-order valence-corrected chi connectivity index (χ4v) is 5.91. The van der Waals surface area contributed by atoms with Crippen LogP contribution in [0.4, 0.5) is 5.82 Å². The lowest BCUT2D eigenvalue weighted by Crippen LogP contribution is -2.45. The lowest BCUT2D eigenvalue weighted by Gasteiger charge is -2.24. The predicted molar refractivity (Wildman–Crippen MR) is 151 cm³/mol. The van der Waals surface area contributed by atoms with Gasteiger partial charge in [-0.05, 0) is 51.1 Å². The average molecular weight is 576 g/mol. The fourth-order valence-electron chi connectivity index (χ4n) is 4.26. The highest BCUT2D eigenvalue weighted by atomic mass is 32.2. The van der Waals surface area contributed by atoms with Gasteiger partial charge in [-0.15, -0.1) is 0 Å². The molecule has 12 heteroatoms. The standard InChI is InChI=1S/C29H29N5O6S/c1-28(2,3)34-41(37,38)24-11-6-5-10-22(24)21-12-13-25(31-18-21)32-27(36)29(16-26(35)39-4)15-23(33-40-29)20-9-7-8-19(14-20)17-30/h5-14,18,34H,15-16H2,1-4H3,(H,31,32,36)/t29-/m1/s1. The van der Waals surface area contributed by atoms with Gasteiger partial charge in [0.05, 0.1) is 35.8 Å². The smallest absolute Gasteiger partial charge is 0.310 e. The molecule has 2 aromatic carbocycles. The van der Waals surface area contributed by atoms with E-state index in [1.54, 1.807) is 69.3 Å². The van der Waals surface area contributed by atoms with Gasteiger partial charge < -0.3 is 14.9 Å². The number of nitrogens with zero attached hydrogens (tertiary/aromatic N) is 3. The highest BCUT2D eigenvalue weighted by molar-refractivity contribution is 7.89. The number of aromatic nitrogens is 1. The van der Waals surface area contributed by atoms with E-state index in [2.05, 4.69) is 26.2 Å². The highest BCUT2D eigenvalue weighted by Crippen LogP contribution is 2.33. The summed E-state index contributed by atoms with van der Waals surface area (Å²) in [5.74, 6) is -1.19. The van der Waals surface area contributed by atoms with Gasteiger partial charge in [0, 0.05) is 34.8 Å². The van der Waals surface area contributed by atoms with Crippen LogP contribution in [0.1, 0.15) is 44.7 Å². The van der Waals surface area contributed by atoms with E-state index < -0.39 is 39.5 Å². The van der Waals surface area contributed by atoms with Crippen LogP contribution in [0, 0.1) is 11.3 Å². The van der Waals surface area contributed by atoms with Crippen LogP contribution < -0.4 is 10.0 Å². The minimum absolute atomic E-state index is 0.0487. The molecule has 0 saturated carbocycles. The molecule has 1 atom stereocenters. The minimum Gasteiger partial charge on any atom is -0.469 e. The largest absolute Gasteiger partial charge is 0.469 e. The van der Waals surface area contributed by atoms with E-state index >= 15 is 0 Å². The molecule has 1 aromatic heterocycles. The zero-order chi connectivity index (χ0) is 29.8. The molecule has 2 N–H and O–H groups in total. The summed E-state index contributed by atoms with van der Waals surface area (Å²) < 4.78 is 33.5. The molecule has 4 rings (SSSR count). The normalized spacial score (nSPS) is 16.7. The number of ether oxygens (including phenoxy) is 1. The predicted octanol–water partition coefficient (Wildman–Crippen LogP) is 3.76. The maximum atomic E-state index is 13.5. The van der Waals surface area contributed by atoms with E-state index in [9.17, 15) is 23.3 Å². The van der Waals surface area contributed by atoms with Crippen molar-refractivity contribution in [2.24, 2.45) is 5.16 Å². The lowest BCUT2D eigenvalue weighted by molar-refractivity contribution is -0.155. The van der Waals surface area contributed by atoms with Crippen LogP contribution >= 0.6 is 0 Å². The number of esters is 1. The van der Waals surface area contributed by atoms with Crippen molar-refractivity contribution in [1.82, 2.24) is 9.71 Å². The average Bonchev–Trinajstić information content (AvgIpc) is 3.37. The van der Waals surface area contributed by atoms with Gasteiger partial charge in [0.1, 0.15) is 5.82 Å². The molecular weight excluding hydrogens is 546 g/mol. The first-order chi connectivity index (χ1) is 19.4. The quantitative estimate of drug-likeness (QED) is 0.384. The van der Waals surface area contributed by atoms with E-state index in [0.717, 1.165) is 0 Å². The van der Waals surface area contributed by atoms with Gasteiger partial charge in [-0.25, -0.2) is 18.1 Å². The molecule has 1 aliphatic rings.